The van der Waals surface area contributed by atoms with Crippen LogP contribution in [0, 0.1) is 0 Å². The molecule has 3 rings (SSSR count). The van der Waals surface area contributed by atoms with Crippen LogP contribution in [0.1, 0.15) is 30.4 Å². The third kappa shape index (κ3) is 7.20. The molecule has 36 heavy (non-hydrogen) atoms. The number of hydrogen-bond donors (Lipinski definition) is 9. The summed E-state index contributed by atoms with van der Waals surface area (Å²) >= 11 is 0. The van der Waals surface area contributed by atoms with E-state index in [2.05, 4.69) is 0 Å². The van der Waals surface area contributed by atoms with Crippen molar-refractivity contribution in [3.63, 3.8) is 0 Å². The fourth-order valence-electron chi connectivity index (χ4n) is 4.14. The maximum atomic E-state index is 10.7. The summed E-state index contributed by atoms with van der Waals surface area (Å²) in [6, 6.07) is 8.75. The quantitative estimate of drug-likeness (QED) is 0.184. The number of aryl methyl sites for hydroxylation is 2. The van der Waals surface area contributed by atoms with Gasteiger partial charge in [0.1, 0.15) is 24.4 Å². The Hall–Kier alpha value is -2.64. The van der Waals surface area contributed by atoms with Gasteiger partial charge >= 0.3 is 0 Å². The molecule has 0 amide bonds. The van der Waals surface area contributed by atoms with Gasteiger partial charge in [0.05, 0.1) is 18.8 Å². The summed E-state index contributed by atoms with van der Waals surface area (Å²) in [4.78, 5) is 0. The van der Waals surface area contributed by atoms with E-state index in [-0.39, 0.29) is 29.4 Å². The number of aliphatic hydroxyl groups excluding tert-OH is 5. The van der Waals surface area contributed by atoms with Gasteiger partial charge in [0.25, 0.3) is 0 Å². The molecule has 0 spiro atoms. The summed E-state index contributed by atoms with van der Waals surface area (Å²) in [5, 5.41) is 88.9. The first-order chi connectivity index (χ1) is 17.1. The SMILES string of the molecule is OC[C@H]1O[C@@H](OC(CCc2ccc(O)c(O)c2)CC(O)CCc2ccc(O)c(O)c2)[C@H](O)[C@@H](O)[C@@H]1O. The van der Waals surface area contributed by atoms with Crippen molar-refractivity contribution < 1.29 is 55.4 Å². The average molecular weight is 511 g/mol. The minimum Gasteiger partial charge on any atom is -0.504 e. The normalized spacial score (nSPS) is 26.0. The Balaban J connectivity index is 1.67. The van der Waals surface area contributed by atoms with Crippen LogP contribution in [0.4, 0.5) is 0 Å². The van der Waals surface area contributed by atoms with E-state index in [4.69, 9.17) is 9.47 Å². The van der Waals surface area contributed by atoms with Gasteiger partial charge in [0, 0.05) is 0 Å². The zero-order valence-corrected chi connectivity index (χ0v) is 19.6. The Morgan fingerprint density at radius 1 is 0.750 bits per heavy atom. The van der Waals surface area contributed by atoms with Crippen molar-refractivity contribution in [1.82, 2.24) is 0 Å². The number of phenolic OH excluding ortho intramolecular Hbond substituents is 4. The minimum atomic E-state index is -1.61. The van der Waals surface area contributed by atoms with Crippen molar-refractivity contribution in [2.45, 2.75) is 75.0 Å². The molecule has 1 saturated heterocycles. The van der Waals surface area contributed by atoms with Crippen LogP contribution in [0.25, 0.3) is 0 Å². The molecule has 7 atom stereocenters. The molecule has 0 bridgehead atoms. The van der Waals surface area contributed by atoms with Crippen LogP contribution >= 0.6 is 0 Å². The number of ether oxygens (including phenoxy) is 2. The third-order valence-electron chi connectivity index (χ3n) is 6.31. The predicted molar refractivity (Wildman–Crippen MR) is 125 cm³/mol. The van der Waals surface area contributed by atoms with E-state index in [1.54, 1.807) is 12.1 Å². The fourth-order valence-corrected chi connectivity index (χ4v) is 4.14. The lowest BCUT2D eigenvalue weighted by molar-refractivity contribution is -0.313. The van der Waals surface area contributed by atoms with Gasteiger partial charge < -0.3 is 55.4 Å². The van der Waals surface area contributed by atoms with Crippen LogP contribution in [-0.4, -0.2) is 95.5 Å². The van der Waals surface area contributed by atoms with Gasteiger partial charge in [-0.15, -0.1) is 0 Å². The van der Waals surface area contributed by atoms with Gasteiger partial charge in [-0.05, 0) is 67.5 Å². The lowest BCUT2D eigenvalue weighted by atomic mass is 9.97. The topological polar surface area (TPSA) is 201 Å². The molecule has 200 valence electrons. The van der Waals surface area contributed by atoms with E-state index in [0.717, 1.165) is 0 Å². The van der Waals surface area contributed by atoms with E-state index in [0.29, 0.717) is 36.8 Å². The number of aliphatic hydroxyl groups is 5. The van der Waals surface area contributed by atoms with Crippen molar-refractivity contribution in [1.29, 1.82) is 0 Å². The molecule has 2 unspecified atom stereocenters. The minimum absolute atomic E-state index is 0.100. The standard InChI is InChI=1S/C25H34O11/c26-12-21-22(32)23(33)24(34)25(36-21)35-16(6-2-14-4-8-18(29)20(31)10-14)11-15(27)5-1-13-3-7-17(28)19(30)9-13/h3-4,7-10,15-16,21-34H,1-2,5-6,11-12H2/t15?,16?,21-,22-,23+,24-,25-/m1/s1. The molecule has 2 aromatic rings. The van der Waals surface area contributed by atoms with Gasteiger partial charge in [0.2, 0.25) is 0 Å². The molecular formula is C25H34O11. The van der Waals surface area contributed by atoms with Crippen LogP contribution in [0.2, 0.25) is 0 Å². The predicted octanol–water partition coefficient (Wildman–Crippen LogP) is 0.0105. The van der Waals surface area contributed by atoms with Crippen molar-refractivity contribution in [2.24, 2.45) is 0 Å². The molecular weight excluding hydrogens is 476 g/mol. The summed E-state index contributed by atoms with van der Waals surface area (Å²) in [5.41, 5.74) is 1.39. The van der Waals surface area contributed by atoms with Crippen LogP contribution in [0.15, 0.2) is 36.4 Å². The highest BCUT2D eigenvalue weighted by Crippen LogP contribution is 2.29. The first kappa shape index (κ1) is 27.9. The number of aromatic hydroxyl groups is 4. The highest BCUT2D eigenvalue weighted by atomic mass is 16.7. The zero-order valence-electron chi connectivity index (χ0n) is 19.6. The Bertz CT molecular complexity index is 982. The molecule has 9 N–H and O–H groups in total. The Morgan fingerprint density at radius 2 is 1.31 bits per heavy atom. The van der Waals surface area contributed by atoms with Crippen LogP contribution in [-0.2, 0) is 22.3 Å². The van der Waals surface area contributed by atoms with Crippen molar-refractivity contribution in [2.75, 3.05) is 6.61 Å². The molecule has 0 aliphatic carbocycles. The first-order valence-corrected chi connectivity index (χ1v) is 11.7. The molecule has 0 aromatic heterocycles. The van der Waals surface area contributed by atoms with Crippen LogP contribution < -0.4 is 0 Å². The van der Waals surface area contributed by atoms with Gasteiger partial charge in [-0.25, -0.2) is 0 Å². The highest BCUT2D eigenvalue weighted by Gasteiger charge is 2.44. The smallest absolute Gasteiger partial charge is 0.186 e. The number of benzene rings is 2. The van der Waals surface area contributed by atoms with Gasteiger partial charge in [-0.1, -0.05) is 12.1 Å². The molecule has 0 radical (unpaired) electrons. The largest absolute Gasteiger partial charge is 0.504 e. The second kappa shape index (κ2) is 12.5. The molecule has 0 saturated carbocycles. The van der Waals surface area contributed by atoms with Crippen LogP contribution in [0.5, 0.6) is 23.0 Å². The molecule has 1 fully saturated rings. The van der Waals surface area contributed by atoms with E-state index in [1.807, 2.05) is 0 Å². The number of rotatable bonds is 11. The molecule has 11 heteroatoms. The Labute approximate surface area is 208 Å². The van der Waals surface area contributed by atoms with Crippen LogP contribution in [0.3, 0.4) is 0 Å². The summed E-state index contributed by atoms with van der Waals surface area (Å²) in [5.74, 6) is -1.05. The van der Waals surface area contributed by atoms with E-state index in [9.17, 15) is 46.0 Å². The first-order valence-electron chi connectivity index (χ1n) is 11.7. The molecule has 1 heterocycles. The highest BCUT2D eigenvalue weighted by molar-refractivity contribution is 5.41. The van der Waals surface area contributed by atoms with Gasteiger partial charge in [-0.2, -0.15) is 0 Å². The second-order valence-electron chi connectivity index (χ2n) is 9.07. The monoisotopic (exact) mass is 510 g/mol. The van der Waals surface area contributed by atoms with Gasteiger partial charge in [0.15, 0.2) is 29.3 Å². The Kier molecular flexibility index (Phi) is 9.74. The third-order valence-corrected chi connectivity index (χ3v) is 6.31. The lowest BCUT2D eigenvalue weighted by Crippen LogP contribution is -2.59. The maximum Gasteiger partial charge on any atom is 0.186 e. The fraction of sp³-hybridized carbons (Fsp3) is 0.520. The van der Waals surface area contributed by atoms with E-state index < -0.39 is 49.5 Å². The second-order valence-corrected chi connectivity index (χ2v) is 9.07. The molecule has 1 aliphatic heterocycles. The molecule has 2 aromatic carbocycles. The Morgan fingerprint density at radius 3 is 1.83 bits per heavy atom. The summed E-state index contributed by atoms with van der Waals surface area (Å²) in [6.07, 6.45) is -7.37. The van der Waals surface area contributed by atoms with Crippen molar-refractivity contribution in [3.05, 3.63) is 47.5 Å². The summed E-state index contributed by atoms with van der Waals surface area (Å²) in [6.45, 7) is -0.607. The number of hydrogen-bond acceptors (Lipinski definition) is 11. The molecule has 11 nitrogen and oxygen atoms in total. The lowest BCUT2D eigenvalue weighted by Gasteiger charge is -2.41. The van der Waals surface area contributed by atoms with E-state index >= 15 is 0 Å². The zero-order chi connectivity index (χ0) is 26.4. The number of phenols is 4. The summed E-state index contributed by atoms with van der Waals surface area (Å²) < 4.78 is 11.3. The van der Waals surface area contributed by atoms with Gasteiger partial charge in [-0.3, -0.25) is 0 Å². The summed E-state index contributed by atoms with van der Waals surface area (Å²) in [7, 11) is 0. The van der Waals surface area contributed by atoms with Crippen molar-refractivity contribution >= 4 is 0 Å². The maximum absolute atomic E-state index is 10.7. The van der Waals surface area contributed by atoms with Crippen molar-refractivity contribution in [3.8, 4) is 23.0 Å². The van der Waals surface area contributed by atoms with E-state index in [1.165, 1.54) is 24.3 Å². The molecule has 1 aliphatic rings. The average Bonchev–Trinajstić information content (AvgIpc) is 2.85.